The normalized spacial score (nSPS) is 11.7. The number of ether oxygens (including phenoxy) is 1. The molecule has 0 fully saturated rings. The molecule has 0 unspecified atom stereocenters. The fraction of sp³-hybridized carbons (Fsp3) is 0. The third-order valence-electron chi connectivity index (χ3n) is 8.68. The van der Waals surface area contributed by atoms with Gasteiger partial charge < -0.3 is 4.74 Å². The van der Waals surface area contributed by atoms with Gasteiger partial charge in [0.15, 0.2) is 5.82 Å². The molecule has 3 nitrogen and oxygen atoms in total. The second-order valence-electron chi connectivity index (χ2n) is 11.4. The predicted octanol–water partition coefficient (Wildman–Crippen LogP) is 11.2. The lowest BCUT2D eigenvalue weighted by atomic mass is 9.93. The van der Waals surface area contributed by atoms with Crippen molar-refractivity contribution in [3.63, 3.8) is 0 Å². The second-order valence-corrected chi connectivity index (χ2v) is 11.4. The van der Waals surface area contributed by atoms with E-state index in [2.05, 4.69) is 133 Å². The zero-order valence-corrected chi connectivity index (χ0v) is 24.3. The highest BCUT2D eigenvalue weighted by molar-refractivity contribution is 6.04. The van der Waals surface area contributed by atoms with Crippen LogP contribution >= 0.6 is 0 Å². The Morgan fingerprint density at radius 1 is 0.356 bits per heavy atom. The highest BCUT2D eigenvalue weighted by Gasteiger charge is 2.20. The maximum absolute atomic E-state index is 6.42. The Bertz CT molecular complexity index is 2390. The largest absolute Gasteiger partial charge is 0.456 e. The molecule has 7 aromatic carbocycles. The summed E-state index contributed by atoms with van der Waals surface area (Å²) in [5.41, 5.74) is 9.44. The van der Waals surface area contributed by atoms with Gasteiger partial charge in [-0.2, -0.15) is 0 Å². The van der Waals surface area contributed by atoms with Gasteiger partial charge in [0, 0.05) is 27.6 Å². The minimum Gasteiger partial charge on any atom is -0.456 e. The summed E-state index contributed by atoms with van der Waals surface area (Å²) in [6.45, 7) is 0. The molecule has 8 aromatic rings. The number of hydrogen-bond acceptors (Lipinski definition) is 3. The Morgan fingerprint density at radius 3 is 1.87 bits per heavy atom. The van der Waals surface area contributed by atoms with Gasteiger partial charge in [-0.3, -0.25) is 0 Å². The lowest BCUT2D eigenvalue weighted by molar-refractivity contribution is 0.487. The van der Waals surface area contributed by atoms with Crippen LogP contribution in [0.4, 0.5) is 0 Å². The summed E-state index contributed by atoms with van der Waals surface area (Å²) in [5.74, 6) is 2.50. The van der Waals surface area contributed by atoms with Crippen LogP contribution in [0.2, 0.25) is 0 Å². The molecule has 0 saturated carbocycles. The molecule has 0 radical (unpaired) electrons. The van der Waals surface area contributed by atoms with E-state index in [4.69, 9.17) is 14.7 Å². The summed E-state index contributed by atoms with van der Waals surface area (Å²) in [5, 5.41) is 4.77. The van der Waals surface area contributed by atoms with E-state index in [9.17, 15) is 0 Å². The lowest BCUT2D eigenvalue weighted by Gasteiger charge is -2.22. The van der Waals surface area contributed by atoms with Crippen LogP contribution in [0.3, 0.4) is 0 Å². The van der Waals surface area contributed by atoms with Gasteiger partial charge in [-0.1, -0.05) is 127 Å². The second kappa shape index (κ2) is 10.3. The van der Waals surface area contributed by atoms with Crippen molar-refractivity contribution >= 4 is 21.5 Å². The van der Waals surface area contributed by atoms with E-state index < -0.39 is 0 Å². The van der Waals surface area contributed by atoms with Crippen molar-refractivity contribution in [1.82, 2.24) is 9.97 Å². The highest BCUT2D eigenvalue weighted by atomic mass is 16.5. The fourth-order valence-corrected chi connectivity index (χ4v) is 6.38. The number of hydrogen-bond donors (Lipinski definition) is 0. The molecule has 3 heteroatoms. The van der Waals surface area contributed by atoms with E-state index in [0.717, 1.165) is 56.3 Å². The summed E-state index contributed by atoms with van der Waals surface area (Å²) >= 11 is 0. The lowest BCUT2D eigenvalue weighted by Crippen LogP contribution is -1.97. The van der Waals surface area contributed by atoms with Gasteiger partial charge in [-0.25, -0.2) is 9.97 Å². The Kier molecular flexibility index (Phi) is 5.82. The molecule has 0 atom stereocenters. The van der Waals surface area contributed by atoms with E-state index >= 15 is 0 Å². The Hall–Kier alpha value is -6.06. The summed E-state index contributed by atoms with van der Waals surface area (Å²) < 4.78 is 6.42. The van der Waals surface area contributed by atoms with E-state index in [1.54, 1.807) is 0 Å². The summed E-state index contributed by atoms with van der Waals surface area (Å²) in [7, 11) is 0. The third kappa shape index (κ3) is 4.45. The zero-order chi connectivity index (χ0) is 29.7. The summed E-state index contributed by atoms with van der Waals surface area (Å²) in [6, 6.07) is 55.0. The van der Waals surface area contributed by atoms with Gasteiger partial charge >= 0.3 is 0 Å². The first-order chi connectivity index (χ1) is 22.3. The number of aromatic nitrogens is 2. The smallest absolute Gasteiger partial charge is 0.160 e. The van der Waals surface area contributed by atoms with Crippen molar-refractivity contribution in [2.45, 2.75) is 0 Å². The number of fused-ring (bicyclic) bond motifs is 3. The van der Waals surface area contributed by atoms with Gasteiger partial charge in [-0.05, 0) is 63.2 Å². The molecule has 0 amide bonds. The molecule has 0 bridgehead atoms. The molecular weight excluding hydrogens is 548 g/mol. The van der Waals surface area contributed by atoms with E-state index in [1.165, 1.54) is 27.1 Å². The van der Waals surface area contributed by atoms with Crippen molar-refractivity contribution in [2.75, 3.05) is 0 Å². The topological polar surface area (TPSA) is 35.0 Å². The van der Waals surface area contributed by atoms with Crippen LogP contribution in [0.15, 0.2) is 158 Å². The van der Waals surface area contributed by atoms with Crippen molar-refractivity contribution in [2.24, 2.45) is 0 Å². The van der Waals surface area contributed by atoms with E-state index in [-0.39, 0.29) is 0 Å². The molecule has 0 saturated heterocycles. The molecule has 210 valence electrons. The van der Waals surface area contributed by atoms with Gasteiger partial charge in [0.05, 0.1) is 11.4 Å². The van der Waals surface area contributed by atoms with Gasteiger partial charge in [0.2, 0.25) is 0 Å². The molecule has 0 spiro atoms. The average Bonchev–Trinajstić information content (AvgIpc) is 3.12. The van der Waals surface area contributed by atoms with Gasteiger partial charge in [0.1, 0.15) is 11.5 Å². The number of benzene rings is 7. The van der Waals surface area contributed by atoms with Crippen LogP contribution in [0, 0.1) is 0 Å². The first-order valence-corrected chi connectivity index (χ1v) is 15.2. The molecule has 2 heterocycles. The van der Waals surface area contributed by atoms with Crippen LogP contribution < -0.4 is 4.74 Å². The molecule has 1 aliphatic rings. The quantitative estimate of drug-likeness (QED) is 0.210. The maximum Gasteiger partial charge on any atom is 0.160 e. The predicted molar refractivity (Wildman–Crippen MR) is 184 cm³/mol. The third-order valence-corrected chi connectivity index (χ3v) is 8.68. The van der Waals surface area contributed by atoms with Gasteiger partial charge in [0.25, 0.3) is 0 Å². The minimum atomic E-state index is 0.711. The monoisotopic (exact) mass is 574 g/mol. The Morgan fingerprint density at radius 2 is 1.02 bits per heavy atom. The van der Waals surface area contributed by atoms with Crippen LogP contribution in [0.25, 0.3) is 77.7 Å². The molecule has 1 aromatic heterocycles. The Balaban J connectivity index is 1.10. The molecule has 9 rings (SSSR count). The number of nitrogens with zero attached hydrogens (tertiary/aromatic N) is 2. The standard InChI is InChI=1S/C42H26N2O/c1-2-9-31(10-3-1)42-43-37(26-38(44-42)34-21-18-27-8-4-5-11-32(27)24-34)29-19-16-28(17-20-29)33-22-23-35-36-14-6-12-30-13-7-15-39(41(30)36)45-40(35)25-33/h1-26H. The molecular formula is C42H26N2O. The average molecular weight is 575 g/mol. The SMILES string of the molecule is c1ccc(-c2nc(-c3ccc(-c4ccc5c(c4)Oc4cccc6cccc-5c46)cc3)cc(-c3ccc4ccccc4c3)n2)cc1. The first kappa shape index (κ1) is 25.4. The Labute approximate surface area is 261 Å². The van der Waals surface area contributed by atoms with Crippen molar-refractivity contribution < 1.29 is 4.74 Å². The van der Waals surface area contributed by atoms with E-state index in [1.807, 2.05) is 24.3 Å². The van der Waals surface area contributed by atoms with Crippen LogP contribution in [0.5, 0.6) is 11.5 Å². The maximum atomic E-state index is 6.42. The molecule has 0 N–H and O–H groups in total. The number of rotatable bonds is 4. The molecule has 45 heavy (non-hydrogen) atoms. The summed E-state index contributed by atoms with van der Waals surface area (Å²) in [6.07, 6.45) is 0. The molecule has 0 aliphatic carbocycles. The molecule has 1 aliphatic heterocycles. The van der Waals surface area contributed by atoms with Crippen molar-refractivity contribution in [1.29, 1.82) is 0 Å². The fourth-order valence-electron chi connectivity index (χ4n) is 6.38. The van der Waals surface area contributed by atoms with Crippen LogP contribution in [-0.2, 0) is 0 Å². The summed E-state index contributed by atoms with van der Waals surface area (Å²) in [4.78, 5) is 10.0. The first-order valence-electron chi connectivity index (χ1n) is 15.2. The zero-order valence-electron chi connectivity index (χ0n) is 24.3. The van der Waals surface area contributed by atoms with Gasteiger partial charge in [-0.15, -0.1) is 0 Å². The highest BCUT2D eigenvalue weighted by Crippen LogP contribution is 2.47. The van der Waals surface area contributed by atoms with Crippen LogP contribution in [0.1, 0.15) is 0 Å². The van der Waals surface area contributed by atoms with Crippen molar-refractivity contribution in [3.05, 3.63) is 158 Å². The van der Waals surface area contributed by atoms with Crippen LogP contribution in [-0.4, -0.2) is 9.97 Å². The minimum absolute atomic E-state index is 0.711. The van der Waals surface area contributed by atoms with E-state index in [0.29, 0.717) is 5.82 Å². The van der Waals surface area contributed by atoms with Crippen molar-refractivity contribution in [3.8, 4) is 67.7 Å².